The fraction of sp³-hybridized carbons (Fsp3) is 0.618. The number of methoxy groups -OCH3 is 2. The molecule has 0 radical (unpaired) electrons. The van der Waals surface area contributed by atoms with Crippen molar-refractivity contribution in [1.82, 2.24) is 20.0 Å². The second-order valence-electron chi connectivity index (χ2n) is 21.3. The lowest BCUT2D eigenvalue weighted by Crippen LogP contribution is -2.55. The standard InChI is InChI=1S/C43H51N3O16S.C12H20N2O4S/c1-20-38-25(46-12-13-59-41(58-3)39(46)62-38)15-29(60-20)61-27-17-43(56,42(55)44-18-22(47)9-14-63-19-28(48)45-10-7-21(8-11-45)40(53)54)16-24-31(27)37(52)33-32(35(24)50)34(49)23-5-4-6-26(57-2)30(23)36(33)51;13-7-10(15)3-6-19-8-11(16)14-4-1-9(2-5-14)12(17)18/h4-6,20-21,25,27,29,38-39,41,50,52,56H,7-19H2,1-3H3,(H,44,55)(H,53,54);9H,1-8,13H2,(H,17,18)/t20-,25-,27-,29-,38+,39+,41-,43-;/m0./s1. The van der Waals surface area contributed by atoms with Crippen molar-refractivity contribution in [1.29, 1.82) is 0 Å². The van der Waals surface area contributed by atoms with Crippen LogP contribution in [0.25, 0.3) is 0 Å². The number of morpholine rings is 1. The summed E-state index contributed by atoms with van der Waals surface area (Å²) in [5.41, 5.74) is 1.35. The van der Waals surface area contributed by atoms with Gasteiger partial charge in [-0.2, -0.15) is 23.5 Å². The van der Waals surface area contributed by atoms with Crippen LogP contribution in [0.2, 0.25) is 0 Å². The van der Waals surface area contributed by atoms with Crippen molar-refractivity contribution in [2.45, 2.75) is 113 Å². The Morgan fingerprint density at radius 1 is 0.805 bits per heavy atom. The smallest absolute Gasteiger partial charge is 0.306 e. The number of amides is 3. The molecule has 82 heavy (non-hydrogen) atoms. The number of ketones is 4. The van der Waals surface area contributed by atoms with Crippen molar-refractivity contribution >= 4 is 76.3 Å². The molecule has 27 heteroatoms. The molecule has 2 aromatic rings. The number of carbonyl (C=O) groups excluding carboxylic acids is 7. The second kappa shape index (κ2) is 27.3. The average Bonchev–Trinajstić information content (AvgIpc) is 1.81. The topological polar surface area (TPSA) is 358 Å². The van der Waals surface area contributed by atoms with E-state index in [9.17, 15) is 63.6 Å². The van der Waals surface area contributed by atoms with E-state index in [4.69, 9.17) is 39.3 Å². The van der Waals surface area contributed by atoms with Crippen LogP contribution in [0.4, 0.5) is 0 Å². The molecule has 5 saturated heterocycles. The molecule has 25 nitrogen and oxygen atoms in total. The lowest BCUT2D eigenvalue weighted by Gasteiger charge is -2.43. The number of rotatable bonds is 20. The van der Waals surface area contributed by atoms with Crippen LogP contribution >= 0.6 is 23.5 Å². The van der Waals surface area contributed by atoms with Gasteiger partial charge in [0.1, 0.15) is 34.7 Å². The lowest BCUT2D eigenvalue weighted by atomic mass is 9.72. The van der Waals surface area contributed by atoms with Gasteiger partial charge in [0, 0.05) is 106 Å². The summed E-state index contributed by atoms with van der Waals surface area (Å²) in [6, 6.07) is 4.15. The van der Waals surface area contributed by atoms with Gasteiger partial charge in [-0.1, -0.05) is 12.1 Å². The van der Waals surface area contributed by atoms with Gasteiger partial charge in [0.05, 0.1) is 79.0 Å². The van der Waals surface area contributed by atoms with E-state index in [0.717, 1.165) is 0 Å². The molecule has 5 fully saturated rings. The number of benzene rings is 2. The molecule has 9 rings (SSSR count). The molecule has 7 aliphatic rings. The van der Waals surface area contributed by atoms with Gasteiger partial charge in [0.2, 0.25) is 17.6 Å². The summed E-state index contributed by atoms with van der Waals surface area (Å²) in [4.78, 5) is 118. The highest BCUT2D eigenvalue weighted by atomic mass is 32.2. The molecule has 8 atom stereocenters. The Hall–Kier alpha value is -5.75. The summed E-state index contributed by atoms with van der Waals surface area (Å²) in [6.45, 7) is 4.03. The number of carbonyl (C=O) groups is 9. The molecule has 0 saturated carbocycles. The first-order valence-electron chi connectivity index (χ1n) is 27.3. The van der Waals surface area contributed by atoms with E-state index in [2.05, 4.69) is 10.2 Å². The number of nitrogens with zero attached hydrogens (tertiary/aromatic N) is 3. The first-order valence-corrected chi connectivity index (χ1v) is 29.6. The fourth-order valence-corrected chi connectivity index (χ4v) is 13.4. The number of thioether (sulfide) groups is 2. The number of hydrogen-bond donors (Lipinski definition) is 7. The van der Waals surface area contributed by atoms with E-state index in [1.54, 1.807) is 9.80 Å². The van der Waals surface area contributed by atoms with Gasteiger partial charge >= 0.3 is 11.9 Å². The fourth-order valence-electron chi connectivity index (χ4n) is 11.7. The molecule has 5 heterocycles. The minimum absolute atomic E-state index is 0.00206. The van der Waals surface area contributed by atoms with Gasteiger partial charge in [0.25, 0.3) is 5.91 Å². The van der Waals surface area contributed by atoms with Crippen molar-refractivity contribution in [3.63, 3.8) is 0 Å². The van der Waals surface area contributed by atoms with Crippen molar-refractivity contribution < 1.29 is 97.1 Å². The highest BCUT2D eigenvalue weighted by Gasteiger charge is 2.55. The number of aromatic hydroxyl groups is 2. The van der Waals surface area contributed by atoms with Crippen LogP contribution < -0.4 is 15.8 Å². The van der Waals surface area contributed by atoms with E-state index >= 15 is 0 Å². The number of nitrogens with two attached hydrogens (primary N) is 1. The maximum atomic E-state index is 14.2. The molecule has 0 aromatic heterocycles. The molecular formula is C55H71N5O20S2. The Bertz CT molecular complexity index is 2790. The number of piperidine rings is 2. The Kier molecular flexibility index (Phi) is 20.7. The quantitative estimate of drug-likeness (QED) is 0.0618. The molecule has 0 spiro atoms. The lowest BCUT2D eigenvalue weighted by molar-refractivity contribution is -0.256. The third-order valence-corrected chi connectivity index (χ3v) is 18.1. The zero-order chi connectivity index (χ0) is 59.2. The highest BCUT2D eigenvalue weighted by Crippen LogP contribution is 2.53. The van der Waals surface area contributed by atoms with E-state index in [1.165, 1.54) is 55.9 Å². The zero-order valence-corrected chi connectivity index (χ0v) is 47.5. The first-order chi connectivity index (χ1) is 39.2. The third kappa shape index (κ3) is 13.6. The molecule has 0 unspecified atom stereocenters. The van der Waals surface area contributed by atoms with Crippen LogP contribution in [0.5, 0.6) is 17.2 Å². The van der Waals surface area contributed by atoms with Crippen LogP contribution in [0.3, 0.4) is 0 Å². The molecule has 8 N–H and O–H groups in total. The number of aliphatic carboxylic acids is 2. The summed E-state index contributed by atoms with van der Waals surface area (Å²) in [5, 5.41) is 56.7. The largest absolute Gasteiger partial charge is 0.507 e. The normalized spacial score (nSPS) is 26.2. The minimum Gasteiger partial charge on any atom is -0.507 e. The maximum absolute atomic E-state index is 14.2. The monoisotopic (exact) mass is 1190 g/mol. The number of hydrogen-bond acceptors (Lipinski definition) is 22. The predicted octanol–water partition coefficient (Wildman–Crippen LogP) is 1.24. The number of nitrogens with one attached hydrogen (secondary N) is 1. The average molecular weight is 1190 g/mol. The molecule has 2 aromatic carbocycles. The van der Waals surface area contributed by atoms with E-state index in [-0.39, 0.29) is 94.2 Å². The zero-order valence-electron chi connectivity index (χ0n) is 45.9. The summed E-state index contributed by atoms with van der Waals surface area (Å²) < 4.78 is 35.8. The van der Waals surface area contributed by atoms with Gasteiger partial charge in [-0.05, 0) is 38.7 Å². The van der Waals surface area contributed by atoms with E-state index < -0.39 is 120 Å². The third-order valence-electron chi connectivity index (χ3n) is 16.2. The van der Waals surface area contributed by atoms with Crippen LogP contribution in [-0.2, 0) is 63.7 Å². The van der Waals surface area contributed by atoms with Crippen molar-refractivity contribution in [2.75, 3.05) is 89.7 Å². The van der Waals surface area contributed by atoms with Crippen molar-refractivity contribution in [3.8, 4) is 17.2 Å². The molecule has 2 aliphatic carbocycles. The number of likely N-dealkylation sites (tertiary alicyclic amines) is 2. The Balaban J connectivity index is 0.000000394. The first kappa shape index (κ1) is 62.3. The predicted molar refractivity (Wildman–Crippen MR) is 291 cm³/mol. The summed E-state index contributed by atoms with van der Waals surface area (Å²) in [5.74, 6) is -5.50. The molecule has 0 bridgehead atoms. The van der Waals surface area contributed by atoms with Gasteiger partial charge < -0.3 is 74.8 Å². The minimum atomic E-state index is -2.37. The number of ether oxygens (including phenoxy) is 6. The number of phenols is 2. The van der Waals surface area contributed by atoms with Crippen LogP contribution in [0.15, 0.2) is 18.2 Å². The van der Waals surface area contributed by atoms with Gasteiger partial charge in [-0.3, -0.25) is 48.1 Å². The van der Waals surface area contributed by atoms with E-state index in [0.29, 0.717) is 82.9 Å². The number of carboxylic acids is 2. The Morgan fingerprint density at radius 2 is 1.40 bits per heavy atom. The van der Waals surface area contributed by atoms with Crippen molar-refractivity contribution in [2.24, 2.45) is 17.6 Å². The molecule has 5 aliphatic heterocycles. The summed E-state index contributed by atoms with van der Waals surface area (Å²) >= 11 is 2.66. The number of fused-ring (bicyclic) bond motifs is 6. The molecular weight excluding hydrogens is 1110 g/mol. The van der Waals surface area contributed by atoms with Crippen molar-refractivity contribution in [3.05, 3.63) is 51.6 Å². The Labute approximate surface area is 481 Å². The van der Waals surface area contributed by atoms with Crippen LogP contribution in [0.1, 0.15) is 107 Å². The number of carboxylic acid groups (broad SMARTS) is 2. The van der Waals surface area contributed by atoms with Gasteiger partial charge in [-0.25, -0.2) is 0 Å². The van der Waals surface area contributed by atoms with Crippen LogP contribution in [0, 0.1) is 11.8 Å². The van der Waals surface area contributed by atoms with Gasteiger partial charge in [0.15, 0.2) is 30.4 Å². The number of phenolic OH excluding ortho intramolecular Hbond substituents is 2. The molecule has 3 amide bonds. The second-order valence-corrected chi connectivity index (χ2v) is 23.5. The number of Topliss-reactive ketones (excluding diaryl/α,β-unsaturated/α-hetero) is 2. The number of aliphatic hydroxyl groups is 1. The van der Waals surface area contributed by atoms with Crippen LogP contribution in [-0.4, -0.2) is 225 Å². The Morgan fingerprint density at radius 3 is 1.98 bits per heavy atom. The maximum Gasteiger partial charge on any atom is 0.306 e. The summed E-state index contributed by atoms with van der Waals surface area (Å²) in [7, 11) is 2.85. The summed E-state index contributed by atoms with van der Waals surface area (Å²) in [6.07, 6.45) is -3.19. The molecule has 448 valence electrons. The highest BCUT2D eigenvalue weighted by molar-refractivity contribution is 8.00. The SMILES string of the molecule is COc1cccc2c1C(=O)c1c(O)c3c(c(O)c1C2=O)C[C@@](O)(C(=O)NCC(=O)CCSCC(=O)N1CCC(C(=O)O)CC1)C[C@@H]3O[C@H]1C[C@H]2[C@H](O[C@@H]3[C@@H](OC)OCCN32)[C@H](C)O1.NCC(=O)CCSCC(=O)N1CCC(C(=O)O)CC1. The van der Waals surface area contributed by atoms with E-state index in [1.807, 2.05) is 6.92 Å². The van der Waals surface area contributed by atoms with Gasteiger partial charge in [-0.15, -0.1) is 0 Å².